The maximum absolute atomic E-state index is 13.5. The quantitative estimate of drug-likeness (QED) is 0.690. The first-order chi connectivity index (χ1) is 13.6. The summed E-state index contributed by atoms with van der Waals surface area (Å²) in [6.45, 7) is 1.50. The fourth-order valence-electron chi connectivity index (χ4n) is 3.48. The van der Waals surface area contributed by atoms with Crippen LogP contribution in [0.1, 0.15) is 23.2 Å². The van der Waals surface area contributed by atoms with Gasteiger partial charge in [-0.15, -0.1) is 0 Å². The number of H-pyrrole nitrogens is 1. The fraction of sp³-hybridized carbons (Fsp3) is 0.238. The number of nitrogens with zero attached hydrogens (tertiary/aromatic N) is 2. The smallest absolute Gasteiger partial charge is 0.253 e. The molecule has 1 atom stereocenters. The van der Waals surface area contributed by atoms with E-state index in [9.17, 15) is 9.18 Å². The van der Waals surface area contributed by atoms with Gasteiger partial charge in [0.1, 0.15) is 5.82 Å². The predicted octanol–water partition coefficient (Wildman–Crippen LogP) is 4.27. The van der Waals surface area contributed by atoms with Gasteiger partial charge in [-0.25, -0.2) is 4.39 Å². The van der Waals surface area contributed by atoms with Gasteiger partial charge in [0.25, 0.3) is 5.91 Å². The molecule has 144 valence electrons. The first kappa shape index (κ1) is 18.5. The normalized spacial score (nSPS) is 16.8. The number of halogens is 2. The standard InChI is InChI=1S/C21H20ClFN4O/c22-18-9-8-15(23)11-17(18)21(28)24-16-7-4-10-27(13-16)20-12-19(25-26-20)14-5-2-1-3-6-14/h1-3,5-6,8-9,11-12,16H,4,7,10,13H2,(H,24,28)(H,25,26)/t16-/m0/s1. The molecule has 2 N–H and O–H groups in total. The third kappa shape index (κ3) is 4.02. The summed E-state index contributed by atoms with van der Waals surface area (Å²) in [5, 5.41) is 10.7. The molecule has 2 heterocycles. The molecule has 0 unspecified atom stereocenters. The molecule has 0 aliphatic carbocycles. The van der Waals surface area contributed by atoms with Crippen LogP contribution < -0.4 is 10.2 Å². The predicted molar refractivity (Wildman–Crippen MR) is 108 cm³/mol. The zero-order chi connectivity index (χ0) is 19.5. The van der Waals surface area contributed by atoms with Crippen molar-refractivity contribution in [1.29, 1.82) is 0 Å². The molecule has 7 heteroatoms. The van der Waals surface area contributed by atoms with Crippen molar-refractivity contribution in [2.75, 3.05) is 18.0 Å². The highest BCUT2D eigenvalue weighted by Gasteiger charge is 2.24. The van der Waals surface area contributed by atoms with E-state index in [1.807, 2.05) is 36.4 Å². The largest absolute Gasteiger partial charge is 0.353 e. The number of aromatic amines is 1. The molecule has 3 aromatic rings. The minimum Gasteiger partial charge on any atom is -0.353 e. The van der Waals surface area contributed by atoms with Crippen molar-refractivity contribution in [2.45, 2.75) is 18.9 Å². The topological polar surface area (TPSA) is 61.0 Å². The van der Waals surface area contributed by atoms with Crippen LogP contribution in [0.25, 0.3) is 11.3 Å². The first-order valence-electron chi connectivity index (χ1n) is 9.22. The van der Waals surface area contributed by atoms with Crippen LogP contribution in [0.2, 0.25) is 5.02 Å². The average Bonchev–Trinajstić information content (AvgIpc) is 3.21. The minimum absolute atomic E-state index is 0.0579. The van der Waals surface area contributed by atoms with Gasteiger partial charge in [0.05, 0.1) is 16.3 Å². The SMILES string of the molecule is O=C(N[C@H]1CCCN(c2cc(-c3ccccc3)[nH]n2)C1)c1cc(F)ccc1Cl. The van der Waals surface area contributed by atoms with Crippen LogP contribution in [0.4, 0.5) is 10.2 Å². The minimum atomic E-state index is -0.482. The van der Waals surface area contributed by atoms with E-state index in [0.29, 0.717) is 6.54 Å². The number of benzene rings is 2. The van der Waals surface area contributed by atoms with Crippen LogP contribution in [0.5, 0.6) is 0 Å². The zero-order valence-corrected chi connectivity index (χ0v) is 15.9. The molecule has 0 bridgehead atoms. The molecule has 2 aromatic carbocycles. The molecule has 1 amide bonds. The van der Waals surface area contributed by atoms with E-state index in [1.54, 1.807) is 0 Å². The molecule has 1 fully saturated rings. The summed E-state index contributed by atoms with van der Waals surface area (Å²) in [5.41, 5.74) is 2.18. The molecular formula is C21H20ClFN4O. The third-order valence-electron chi connectivity index (χ3n) is 4.90. The van der Waals surface area contributed by atoms with Crippen molar-refractivity contribution >= 4 is 23.3 Å². The van der Waals surface area contributed by atoms with Gasteiger partial charge in [0.2, 0.25) is 0 Å². The molecule has 1 aromatic heterocycles. The summed E-state index contributed by atoms with van der Waals surface area (Å²) in [5.74, 6) is 0.00901. The summed E-state index contributed by atoms with van der Waals surface area (Å²) in [4.78, 5) is 14.7. The highest BCUT2D eigenvalue weighted by atomic mass is 35.5. The first-order valence-corrected chi connectivity index (χ1v) is 9.59. The maximum Gasteiger partial charge on any atom is 0.253 e. The van der Waals surface area contributed by atoms with Gasteiger partial charge in [0, 0.05) is 25.2 Å². The maximum atomic E-state index is 13.5. The summed E-state index contributed by atoms with van der Waals surface area (Å²) in [7, 11) is 0. The van der Waals surface area contributed by atoms with Crippen LogP contribution in [-0.4, -0.2) is 35.2 Å². The number of hydrogen-bond acceptors (Lipinski definition) is 3. The lowest BCUT2D eigenvalue weighted by Gasteiger charge is -2.33. The Morgan fingerprint density at radius 1 is 1.21 bits per heavy atom. The van der Waals surface area contributed by atoms with Crippen molar-refractivity contribution in [1.82, 2.24) is 15.5 Å². The fourth-order valence-corrected chi connectivity index (χ4v) is 3.68. The van der Waals surface area contributed by atoms with E-state index in [1.165, 1.54) is 12.1 Å². The summed E-state index contributed by atoms with van der Waals surface area (Å²) in [6.07, 6.45) is 1.78. The Bertz CT molecular complexity index is 976. The summed E-state index contributed by atoms with van der Waals surface area (Å²) >= 11 is 6.04. The lowest BCUT2D eigenvalue weighted by atomic mass is 10.0. The molecule has 1 saturated heterocycles. The van der Waals surface area contributed by atoms with Gasteiger partial charge in [-0.1, -0.05) is 41.9 Å². The van der Waals surface area contributed by atoms with E-state index < -0.39 is 5.82 Å². The van der Waals surface area contributed by atoms with Gasteiger partial charge in [-0.3, -0.25) is 9.89 Å². The third-order valence-corrected chi connectivity index (χ3v) is 5.23. The van der Waals surface area contributed by atoms with Gasteiger partial charge < -0.3 is 10.2 Å². The molecule has 0 spiro atoms. The van der Waals surface area contributed by atoms with Crippen molar-refractivity contribution in [2.24, 2.45) is 0 Å². The second-order valence-corrected chi connectivity index (χ2v) is 7.30. The number of piperidine rings is 1. The Morgan fingerprint density at radius 2 is 2.04 bits per heavy atom. The van der Waals surface area contributed by atoms with E-state index in [2.05, 4.69) is 20.4 Å². The molecular weight excluding hydrogens is 379 g/mol. The Labute approximate surface area is 167 Å². The lowest BCUT2D eigenvalue weighted by Crippen LogP contribution is -2.48. The van der Waals surface area contributed by atoms with E-state index in [-0.39, 0.29) is 22.5 Å². The van der Waals surface area contributed by atoms with E-state index in [0.717, 1.165) is 42.5 Å². The van der Waals surface area contributed by atoms with E-state index >= 15 is 0 Å². The summed E-state index contributed by atoms with van der Waals surface area (Å²) in [6, 6.07) is 15.8. The van der Waals surface area contributed by atoms with Crippen LogP contribution in [-0.2, 0) is 0 Å². The van der Waals surface area contributed by atoms with Gasteiger partial charge in [0.15, 0.2) is 5.82 Å². The average molecular weight is 399 g/mol. The number of aromatic nitrogens is 2. The van der Waals surface area contributed by atoms with Gasteiger partial charge in [-0.2, -0.15) is 5.10 Å². The lowest BCUT2D eigenvalue weighted by molar-refractivity contribution is 0.0933. The van der Waals surface area contributed by atoms with Crippen LogP contribution in [0, 0.1) is 5.82 Å². The monoisotopic (exact) mass is 398 g/mol. The molecule has 0 saturated carbocycles. The molecule has 5 nitrogen and oxygen atoms in total. The van der Waals surface area contributed by atoms with Crippen molar-refractivity contribution in [3.05, 3.63) is 71.0 Å². The number of amides is 1. The number of rotatable bonds is 4. The van der Waals surface area contributed by atoms with Crippen molar-refractivity contribution in [3.8, 4) is 11.3 Å². The van der Waals surface area contributed by atoms with Gasteiger partial charge in [-0.05, 0) is 36.6 Å². The second-order valence-electron chi connectivity index (χ2n) is 6.89. The Kier molecular flexibility index (Phi) is 5.30. The van der Waals surface area contributed by atoms with Crippen molar-refractivity contribution < 1.29 is 9.18 Å². The molecule has 1 aliphatic heterocycles. The number of hydrogen-bond donors (Lipinski definition) is 2. The number of anilines is 1. The number of nitrogens with one attached hydrogen (secondary N) is 2. The van der Waals surface area contributed by atoms with Crippen LogP contribution >= 0.6 is 11.6 Å². The number of carbonyl (C=O) groups excluding carboxylic acids is 1. The Morgan fingerprint density at radius 3 is 2.86 bits per heavy atom. The zero-order valence-electron chi connectivity index (χ0n) is 15.2. The highest BCUT2D eigenvalue weighted by molar-refractivity contribution is 6.33. The molecule has 0 radical (unpaired) electrons. The highest BCUT2D eigenvalue weighted by Crippen LogP contribution is 2.24. The Hall–Kier alpha value is -2.86. The van der Waals surface area contributed by atoms with Gasteiger partial charge >= 0.3 is 0 Å². The van der Waals surface area contributed by atoms with Crippen LogP contribution in [0.3, 0.4) is 0 Å². The molecule has 28 heavy (non-hydrogen) atoms. The summed E-state index contributed by atoms with van der Waals surface area (Å²) < 4.78 is 13.5. The molecule has 4 rings (SSSR count). The molecule has 1 aliphatic rings. The Balaban J connectivity index is 1.44. The second kappa shape index (κ2) is 8.02. The van der Waals surface area contributed by atoms with Crippen LogP contribution in [0.15, 0.2) is 54.6 Å². The van der Waals surface area contributed by atoms with E-state index in [4.69, 9.17) is 11.6 Å². The number of carbonyl (C=O) groups is 1. The van der Waals surface area contributed by atoms with Crippen molar-refractivity contribution in [3.63, 3.8) is 0 Å².